The number of nitrogens with zero attached hydrogens (tertiary/aromatic N) is 1. The lowest BCUT2D eigenvalue weighted by atomic mass is 10.2. The van der Waals surface area contributed by atoms with Gasteiger partial charge >= 0.3 is 0 Å². The van der Waals surface area contributed by atoms with Crippen molar-refractivity contribution in [2.24, 2.45) is 0 Å². The Bertz CT molecular complexity index is 509. The highest BCUT2D eigenvalue weighted by molar-refractivity contribution is 7.89. The first kappa shape index (κ1) is 15.8. The van der Waals surface area contributed by atoms with Gasteiger partial charge in [-0.15, -0.1) is 0 Å². The van der Waals surface area contributed by atoms with Crippen molar-refractivity contribution in [3.05, 3.63) is 18.2 Å². The fraction of sp³-hybridized carbons (Fsp3) is 0.538. The molecular formula is C13H23N3O2S. The maximum absolute atomic E-state index is 11.7. The van der Waals surface area contributed by atoms with Gasteiger partial charge in [-0.3, -0.25) is 0 Å². The van der Waals surface area contributed by atoms with Crippen LogP contribution in [0.25, 0.3) is 0 Å². The van der Waals surface area contributed by atoms with Crippen LogP contribution < -0.4 is 15.4 Å². The van der Waals surface area contributed by atoms with Gasteiger partial charge in [0.25, 0.3) is 0 Å². The van der Waals surface area contributed by atoms with Crippen LogP contribution in [0, 0.1) is 0 Å². The topological polar surface area (TPSA) is 75.4 Å². The second-order valence-corrected chi connectivity index (χ2v) is 6.27. The second kappa shape index (κ2) is 6.77. The Balaban J connectivity index is 3.11. The first-order valence-electron chi connectivity index (χ1n) is 6.54. The molecule has 0 saturated heterocycles. The molecule has 5 nitrogen and oxygen atoms in total. The number of benzene rings is 1. The molecule has 108 valence electrons. The van der Waals surface area contributed by atoms with Crippen molar-refractivity contribution in [3.8, 4) is 0 Å². The van der Waals surface area contributed by atoms with Gasteiger partial charge in [0.15, 0.2) is 0 Å². The summed E-state index contributed by atoms with van der Waals surface area (Å²) in [5.74, 6) is 0. The maximum Gasteiger partial charge on any atom is 0.242 e. The molecule has 1 aromatic carbocycles. The predicted molar refractivity (Wildman–Crippen MR) is 79.9 cm³/mol. The van der Waals surface area contributed by atoms with Crippen LogP contribution in [0.4, 0.5) is 11.4 Å². The van der Waals surface area contributed by atoms with E-state index in [9.17, 15) is 8.42 Å². The smallest absolute Gasteiger partial charge is 0.242 e. The van der Waals surface area contributed by atoms with E-state index in [0.29, 0.717) is 0 Å². The Labute approximate surface area is 115 Å². The molecule has 1 aromatic rings. The first-order chi connectivity index (χ1) is 8.96. The quantitative estimate of drug-likeness (QED) is 0.749. The van der Waals surface area contributed by atoms with E-state index in [1.54, 1.807) is 12.1 Å². The van der Waals surface area contributed by atoms with Crippen molar-refractivity contribution in [1.29, 1.82) is 0 Å². The third-order valence-corrected chi connectivity index (χ3v) is 4.39. The number of anilines is 2. The van der Waals surface area contributed by atoms with Gasteiger partial charge in [0.2, 0.25) is 10.0 Å². The minimum Gasteiger partial charge on any atom is -0.398 e. The molecule has 0 amide bonds. The fourth-order valence-electron chi connectivity index (χ4n) is 2.00. The van der Waals surface area contributed by atoms with E-state index in [0.717, 1.165) is 31.6 Å². The molecule has 1 rings (SSSR count). The summed E-state index contributed by atoms with van der Waals surface area (Å²) in [6.45, 7) is 6.11. The summed E-state index contributed by atoms with van der Waals surface area (Å²) >= 11 is 0. The van der Waals surface area contributed by atoms with Crippen molar-refractivity contribution in [1.82, 2.24) is 4.72 Å². The van der Waals surface area contributed by atoms with Crippen molar-refractivity contribution in [2.45, 2.75) is 31.6 Å². The number of sulfonamides is 1. The molecule has 19 heavy (non-hydrogen) atoms. The third kappa shape index (κ3) is 3.84. The largest absolute Gasteiger partial charge is 0.398 e. The average molecular weight is 285 g/mol. The van der Waals surface area contributed by atoms with Crippen LogP contribution in [0.3, 0.4) is 0 Å². The number of hydrogen-bond donors (Lipinski definition) is 2. The molecule has 0 heterocycles. The molecular weight excluding hydrogens is 262 g/mol. The number of nitrogens with two attached hydrogens (primary N) is 1. The van der Waals surface area contributed by atoms with Crippen molar-refractivity contribution in [2.75, 3.05) is 30.8 Å². The van der Waals surface area contributed by atoms with E-state index < -0.39 is 10.0 Å². The Morgan fingerprint density at radius 2 is 1.79 bits per heavy atom. The van der Waals surface area contributed by atoms with Crippen molar-refractivity contribution >= 4 is 21.4 Å². The molecule has 0 aliphatic rings. The van der Waals surface area contributed by atoms with Gasteiger partial charge < -0.3 is 10.6 Å². The molecule has 0 fully saturated rings. The van der Waals surface area contributed by atoms with Crippen LogP contribution in [0.15, 0.2) is 23.1 Å². The van der Waals surface area contributed by atoms with Crippen LogP contribution in [0.5, 0.6) is 0 Å². The molecule has 3 N–H and O–H groups in total. The standard InChI is InChI=1S/C13H23N3O2S/c1-4-8-16(9-5-2)11-6-7-13(12(14)10-11)19(17,18)15-3/h6-7,10,15H,4-5,8-9,14H2,1-3H3. The summed E-state index contributed by atoms with van der Waals surface area (Å²) in [4.78, 5) is 2.35. The van der Waals surface area contributed by atoms with Gasteiger partial charge in [-0.05, 0) is 38.1 Å². The third-order valence-electron chi connectivity index (χ3n) is 2.90. The molecule has 0 radical (unpaired) electrons. The number of nitrogens with one attached hydrogen (secondary N) is 1. The summed E-state index contributed by atoms with van der Waals surface area (Å²) in [6.07, 6.45) is 2.08. The molecule has 0 aromatic heterocycles. The Morgan fingerprint density at radius 1 is 1.21 bits per heavy atom. The molecule has 0 atom stereocenters. The Kier molecular flexibility index (Phi) is 5.62. The van der Waals surface area contributed by atoms with E-state index >= 15 is 0 Å². The van der Waals surface area contributed by atoms with Gasteiger partial charge in [0, 0.05) is 18.8 Å². The highest BCUT2D eigenvalue weighted by atomic mass is 32.2. The molecule has 0 spiro atoms. The average Bonchev–Trinajstić information content (AvgIpc) is 2.38. The highest BCUT2D eigenvalue weighted by Gasteiger charge is 2.16. The summed E-state index contributed by atoms with van der Waals surface area (Å²) in [5.41, 5.74) is 7.12. The number of rotatable bonds is 7. The van der Waals surface area contributed by atoms with Crippen LogP contribution >= 0.6 is 0 Å². The van der Waals surface area contributed by atoms with E-state index in [-0.39, 0.29) is 10.6 Å². The number of hydrogen-bond acceptors (Lipinski definition) is 4. The zero-order valence-corrected chi connectivity index (χ0v) is 12.6. The van der Waals surface area contributed by atoms with E-state index in [1.807, 2.05) is 6.07 Å². The van der Waals surface area contributed by atoms with E-state index in [2.05, 4.69) is 23.5 Å². The van der Waals surface area contributed by atoms with Crippen LogP contribution in [-0.4, -0.2) is 28.6 Å². The first-order valence-corrected chi connectivity index (χ1v) is 8.02. The zero-order chi connectivity index (χ0) is 14.5. The van der Waals surface area contributed by atoms with Gasteiger partial charge in [-0.1, -0.05) is 13.8 Å². The summed E-state index contributed by atoms with van der Waals surface area (Å²) in [5, 5.41) is 0. The SMILES string of the molecule is CCCN(CCC)c1ccc(S(=O)(=O)NC)c(N)c1. The van der Waals surface area contributed by atoms with E-state index in [1.165, 1.54) is 7.05 Å². The molecule has 0 aliphatic heterocycles. The summed E-state index contributed by atoms with van der Waals surface area (Å²) < 4.78 is 25.8. The second-order valence-electron chi connectivity index (χ2n) is 4.42. The van der Waals surface area contributed by atoms with Crippen LogP contribution in [-0.2, 0) is 10.0 Å². The molecule has 0 aliphatic carbocycles. The minimum atomic E-state index is -3.49. The predicted octanol–water partition coefficient (Wildman–Crippen LogP) is 1.80. The summed E-state index contributed by atoms with van der Waals surface area (Å²) in [6, 6.07) is 5.11. The Morgan fingerprint density at radius 3 is 2.21 bits per heavy atom. The fourth-order valence-corrected chi connectivity index (χ4v) is 2.83. The van der Waals surface area contributed by atoms with Crippen molar-refractivity contribution in [3.63, 3.8) is 0 Å². The summed E-state index contributed by atoms with van der Waals surface area (Å²) in [7, 11) is -2.11. The van der Waals surface area contributed by atoms with Gasteiger partial charge in [0.1, 0.15) is 4.90 Å². The monoisotopic (exact) mass is 285 g/mol. The molecule has 0 unspecified atom stereocenters. The Hall–Kier alpha value is -1.27. The molecule has 0 bridgehead atoms. The lowest BCUT2D eigenvalue weighted by Gasteiger charge is -2.24. The zero-order valence-electron chi connectivity index (χ0n) is 11.8. The highest BCUT2D eigenvalue weighted by Crippen LogP contribution is 2.25. The van der Waals surface area contributed by atoms with Gasteiger partial charge in [0.05, 0.1) is 5.69 Å². The minimum absolute atomic E-state index is 0.131. The lowest BCUT2D eigenvalue weighted by Crippen LogP contribution is -2.25. The van der Waals surface area contributed by atoms with Crippen LogP contribution in [0.2, 0.25) is 0 Å². The van der Waals surface area contributed by atoms with Crippen molar-refractivity contribution < 1.29 is 8.42 Å². The van der Waals surface area contributed by atoms with Gasteiger partial charge in [-0.25, -0.2) is 13.1 Å². The van der Waals surface area contributed by atoms with Gasteiger partial charge in [-0.2, -0.15) is 0 Å². The van der Waals surface area contributed by atoms with Crippen LogP contribution in [0.1, 0.15) is 26.7 Å². The molecule has 6 heteroatoms. The maximum atomic E-state index is 11.7. The lowest BCUT2D eigenvalue weighted by molar-refractivity contribution is 0.588. The normalized spacial score (nSPS) is 11.5. The van der Waals surface area contributed by atoms with E-state index in [4.69, 9.17) is 5.73 Å². The number of nitrogen functional groups attached to an aromatic ring is 1. The molecule has 0 saturated carbocycles.